The van der Waals surface area contributed by atoms with Gasteiger partial charge < -0.3 is 5.32 Å². The first-order chi connectivity index (χ1) is 7.57. The molecule has 16 heavy (non-hydrogen) atoms. The van der Waals surface area contributed by atoms with Gasteiger partial charge in [0.2, 0.25) is 0 Å². The average Bonchev–Trinajstić information content (AvgIpc) is 2.67. The molecule has 4 nitrogen and oxygen atoms in total. The largest absolute Gasteiger partial charge is 0.316 e. The Morgan fingerprint density at radius 3 is 2.94 bits per heavy atom. The van der Waals surface area contributed by atoms with Crippen LogP contribution in [0.3, 0.4) is 0 Å². The number of rotatable bonds is 2. The van der Waals surface area contributed by atoms with Gasteiger partial charge in [-0.15, -0.1) is 5.10 Å². The average molecular weight is 222 g/mol. The van der Waals surface area contributed by atoms with E-state index in [4.69, 9.17) is 0 Å². The van der Waals surface area contributed by atoms with Gasteiger partial charge in [-0.2, -0.15) is 0 Å². The first kappa shape index (κ1) is 11.6. The lowest BCUT2D eigenvalue weighted by Crippen LogP contribution is -2.33. The third-order valence-corrected chi connectivity index (χ3v) is 3.22. The molecule has 0 aromatic carbocycles. The SMILES string of the molecule is CC(C)(C)c1cnnn1CC1CCCNC1. The van der Waals surface area contributed by atoms with Crippen molar-refractivity contribution in [3.63, 3.8) is 0 Å². The molecule has 1 aromatic rings. The van der Waals surface area contributed by atoms with Gasteiger partial charge in [-0.1, -0.05) is 26.0 Å². The van der Waals surface area contributed by atoms with Gasteiger partial charge in [0.25, 0.3) is 0 Å². The molecule has 1 aliphatic rings. The molecule has 0 amide bonds. The normalized spacial score (nSPS) is 22.3. The molecule has 0 saturated carbocycles. The molecule has 1 saturated heterocycles. The van der Waals surface area contributed by atoms with Crippen molar-refractivity contribution >= 4 is 0 Å². The maximum atomic E-state index is 4.22. The molecular formula is C12H22N4. The van der Waals surface area contributed by atoms with E-state index < -0.39 is 0 Å². The van der Waals surface area contributed by atoms with Crippen molar-refractivity contribution in [1.82, 2.24) is 20.3 Å². The van der Waals surface area contributed by atoms with Gasteiger partial charge in [0.15, 0.2) is 0 Å². The van der Waals surface area contributed by atoms with Crippen LogP contribution in [0.5, 0.6) is 0 Å². The van der Waals surface area contributed by atoms with Crippen LogP contribution in [0.25, 0.3) is 0 Å². The van der Waals surface area contributed by atoms with Crippen molar-refractivity contribution in [2.45, 2.75) is 45.6 Å². The predicted molar refractivity (Wildman–Crippen MR) is 64.3 cm³/mol. The lowest BCUT2D eigenvalue weighted by molar-refractivity contribution is 0.311. The van der Waals surface area contributed by atoms with E-state index in [0.29, 0.717) is 5.92 Å². The van der Waals surface area contributed by atoms with Gasteiger partial charge in [0.05, 0.1) is 11.9 Å². The summed E-state index contributed by atoms with van der Waals surface area (Å²) in [6, 6.07) is 0. The first-order valence-corrected chi connectivity index (χ1v) is 6.17. The smallest absolute Gasteiger partial charge is 0.0730 e. The minimum Gasteiger partial charge on any atom is -0.316 e. The highest BCUT2D eigenvalue weighted by Gasteiger charge is 2.22. The van der Waals surface area contributed by atoms with E-state index in [9.17, 15) is 0 Å². The van der Waals surface area contributed by atoms with Gasteiger partial charge in [-0.3, -0.25) is 0 Å². The minimum atomic E-state index is 0.131. The molecule has 1 aromatic heterocycles. The summed E-state index contributed by atoms with van der Waals surface area (Å²) >= 11 is 0. The summed E-state index contributed by atoms with van der Waals surface area (Å²) in [6.07, 6.45) is 4.48. The summed E-state index contributed by atoms with van der Waals surface area (Å²) in [5.74, 6) is 0.705. The minimum absolute atomic E-state index is 0.131. The van der Waals surface area contributed by atoms with Crippen molar-refractivity contribution in [2.24, 2.45) is 5.92 Å². The van der Waals surface area contributed by atoms with E-state index in [1.165, 1.54) is 25.1 Å². The second-order valence-corrected chi connectivity index (χ2v) is 5.76. The van der Waals surface area contributed by atoms with E-state index in [-0.39, 0.29) is 5.41 Å². The van der Waals surface area contributed by atoms with E-state index in [1.54, 1.807) is 0 Å². The highest BCUT2D eigenvalue weighted by atomic mass is 15.4. The monoisotopic (exact) mass is 222 g/mol. The first-order valence-electron chi connectivity index (χ1n) is 6.17. The van der Waals surface area contributed by atoms with Crippen LogP contribution in [0.2, 0.25) is 0 Å². The fourth-order valence-corrected chi connectivity index (χ4v) is 2.30. The predicted octanol–water partition coefficient (Wildman–Crippen LogP) is 1.58. The Kier molecular flexibility index (Phi) is 3.28. The van der Waals surface area contributed by atoms with Crippen molar-refractivity contribution in [2.75, 3.05) is 13.1 Å². The molecule has 0 bridgehead atoms. The molecule has 2 heterocycles. The second kappa shape index (κ2) is 4.53. The van der Waals surface area contributed by atoms with E-state index in [2.05, 4.69) is 41.1 Å². The van der Waals surface area contributed by atoms with Crippen molar-refractivity contribution < 1.29 is 0 Å². The highest BCUT2D eigenvalue weighted by Crippen LogP contribution is 2.22. The molecule has 4 heteroatoms. The van der Waals surface area contributed by atoms with E-state index in [1.807, 2.05) is 6.20 Å². The van der Waals surface area contributed by atoms with Crippen LogP contribution in [0.4, 0.5) is 0 Å². The number of hydrogen-bond acceptors (Lipinski definition) is 3. The molecule has 90 valence electrons. The zero-order valence-corrected chi connectivity index (χ0v) is 10.5. The third kappa shape index (κ3) is 2.61. The fraction of sp³-hybridized carbons (Fsp3) is 0.833. The van der Waals surface area contributed by atoms with Crippen molar-refractivity contribution in [3.05, 3.63) is 11.9 Å². The van der Waals surface area contributed by atoms with Crippen LogP contribution in [-0.4, -0.2) is 28.1 Å². The van der Waals surface area contributed by atoms with Crippen molar-refractivity contribution in [1.29, 1.82) is 0 Å². The highest BCUT2D eigenvalue weighted by molar-refractivity contribution is 5.07. The molecule has 1 N–H and O–H groups in total. The number of hydrogen-bond donors (Lipinski definition) is 1. The van der Waals surface area contributed by atoms with Crippen LogP contribution in [0.1, 0.15) is 39.3 Å². The van der Waals surface area contributed by atoms with Crippen LogP contribution >= 0.6 is 0 Å². The molecule has 1 fully saturated rings. The van der Waals surface area contributed by atoms with E-state index >= 15 is 0 Å². The third-order valence-electron chi connectivity index (χ3n) is 3.22. The standard InChI is InChI=1S/C12H22N4/c1-12(2,3)11-8-14-15-16(11)9-10-5-4-6-13-7-10/h8,10,13H,4-7,9H2,1-3H3. The van der Waals surface area contributed by atoms with Gasteiger partial charge in [0.1, 0.15) is 0 Å². The van der Waals surface area contributed by atoms with Crippen LogP contribution < -0.4 is 5.32 Å². The zero-order valence-electron chi connectivity index (χ0n) is 10.5. The summed E-state index contributed by atoms with van der Waals surface area (Å²) in [6.45, 7) is 9.91. The fourth-order valence-electron chi connectivity index (χ4n) is 2.30. The second-order valence-electron chi connectivity index (χ2n) is 5.76. The summed E-state index contributed by atoms with van der Waals surface area (Å²) in [5, 5.41) is 11.7. The Bertz CT molecular complexity index is 331. The Hall–Kier alpha value is -0.900. The summed E-state index contributed by atoms with van der Waals surface area (Å²) in [7, 11) is 0. The molecular weight excluding hydrogens is 200 g/mol. The Morgan fingerprint density at radius 1 is 1.50 bits per heavy atom. The van der Waals surface area contributed by atoms with Crippen molar-refractivity contribution in [3.8, 4) is 0 Å². The Balaban J connectivity index is 2.06. The van der Waals surface area contributed by atoms with Crippen LogP contribution in [0.15, 0.2) is 6.20 Å². The molecule has 0 aliphatic carbocycles. The number of aromatic nitrogens is 3. The number of nitrogens with zero attached hydrogens (tertiary/aromatic N) is 3. The van der Waals surface area contributed by atoms with E-state index in [0.717, 1.165) is 13.1 Å². The summed E-state index contributed by atoms with van der Waals surface area (Å²) < 4.78 is 2.08. The molecule has 1 unspecified atom stereocenters. The van der Waals surface area contributed by atoms with Gasteiger partial charge >= 0.3 is 0 Å². The van der Waals surface area contributed by atoms with Crippen LogP contribution in [-0.2, 0) is 12.0 Å². The molecule has 1 aliphatic heterocycles. The maximum Gasteiger partial charge on any atom is 0.0730 e. The quantitative estimate of drug-likeness (QED) is 0.826. The van der Waals surface area contributed by atoms with Gasteiger partial charge in [-0.05, 0) is 31.8 Å². The zero-order chi connectivity index (χ0) is 11.6. The Labute approximate surface area is 97.4 Å². The topological polar surface area (TPSA) is 42.7 Å². The van der Waals surface area contributed by atoms with Gasteiger partial charge in [0, 0.05) is 12.0 Å². The van der Waals surface area contributed by atoms with Gasteiger partial charge in [-0.25, -0.2) is 4.68 Å². The molecule has 0 spiro atoms. The summed E-state index contributed by atoms with van der Waals surface area (Å²) in [4.78, 5) is 0. The van der Waals surface area contributed by atoms with Crippen LogP contribution in [0, 0.1) is 5.92 Å². The molecule has 1 atom stereocenters. The molecule has 2 rings (SSSR count). The lowest BCUT2D eigenvalue weighted by Gasteiger charge is -2.25. The summed E-state index contributed by atoms with van der Waals surface area (Å²) in [5.41, 5.74) is 1.36. The molecule has 0 radical (unpaired) electrons. The number of piperidine rings is 1. The lowest BCUT2D eigenvalue weighted by atomic mass is 9.92. The maximum absolute atomic E-state index is 4.22. The Morgan fingerprint density at radius 2 is 2.31 bits per heavy atom. The number of nitrogens with one attached hydrogen (secondary N) is 1.